The van der Waals surface area contributed by atoms with Crippen molar-refractivity contribution in [3.05, 3.63) is 88.9 Å². The fourth-order valence-corrected chi connectivity index (χ4v) is 4.12. The van der Waals surface area contributed by atoms with Crippen LogP contribution in [0.25, 0.3) is 22.9 Å². The van der Waals surface area contributed by atoms with Crippen LogP contribution in [0.1, 0.15) is 15.9 Å². The van der Waals surface area contributed by atoms with E-state index in [1.54, 1.807) is 0 Å². The van der Waals surface area contributed by atoms with Crippen molar-refractivity contribution < 1.29 is 9.21 Å². The van der Waals surface area contributed by atoms with E-state index in [0.717, 1.165) is 40.5 Å². The first-order chi connectivity index (χ1) is 16.1. The van der Waals surface area contributed by atoms with Gasteiger partial charge in [-0.1, -0.05) is 29.3 Å². The van der Waals surface area contributed by atoms with Crippen molar-refractivity contribution in [1.29, 1.82) is 0 Å². The lowest BCUT2D eigenvalue weighted by Crippen LogP contribution is -2.48. The Kier molecular flexibility index (Phi) is 5.84. The fourth-order valence-electron chi connectivity index (χ4n) is 3.99. The predicted molar refractivity (Wildman–Crippen MR) is 129 cm³/mol. The lowest BCUT2D eigenvalue weighted by atomic mass is 10.1. The maximum Gasteiger partial charge on any atom is 0.253 e. The summed E-state index contributed by atoms with van der Waals surface area (Å²) in [4.78, 5) is 17.2. The molecule has 0 bridgehead atoms. The molecule has 0 unspecified atom stereocenters. The molecule has 4 aromatic rings. The summed E-state index contributed by atoms with van der Waals surface area (Å²) in [6.07, 6.45) is 0. The summed E-state index contributed by atoms with van der Waals surface area (Å²) in [6, 6.07) is 23.1. The van der Waals surface area contributed by atoms with Crippen molar-refractivity contribution in [2.24, 2.45) is 0 Å². The van der Waals surface area contributed by atoms with E-state index in [1.165, 1.54) is 0 Å². The number of aryl methyl sites for hydroxylation is 1. The number of carbonyl (C=O) groups excluding carboxylic acids is 1. The first-order valence-electron chi connectivity index (χ1n) is 10.9. The minimum Gasteiger partial charge on any atom is -0.416 e. The molecule has 1 aliphatic heterocycles. The highest BCUT2D eigenvalue weighted by molar-refractivity contribution is 6.30. The number of nitrogens with zero attached hydrogens (tertiary/aromatic N) is 4. The van der Waals surface area contributed by atoms with Crippen molar-refractivity contribution >= 4 is 23.2 Å². The molecule has 1 aliphatic rings. The van der Waals surface area contributed by atoms with Crippen LogP contribution in [0.5, 0.6) is 0 Å². The number of amides is 1. The highest BCUT2D eigenvalue weighted by Crippen LogP contribution is 2.25. The van der Waals surface area contributed by atoms with Crippen LogP contribution in [0.3, 0.4) is 0 Å². The minimum absolute atomic E-state index is 0.0308. The van der Waals surface area contributed by atoms with Crippen LogP contribution in [0.2, 0.25) is 5.02 Å². The van der Waals surface area contributed by atoms with E-state index >= 15 is 0 Å². The van der Waals surface area contributed by atoms with Gasteiger partial charge in [-0.3, -0.25) is 4.79 Å². The van der Waals surface area contributed by atoms with E-state index in [4.69, 9.17) is 16.0 Å². The minimum atomic E-state index is 0.0308. The molecule has 1 saturated heterocycles. The van der Waals surface area contributed by atoms with Crippen LogP contribution in [0, 0.1) is 6.92 Å². The van der Waals surface area contributed by atoms with Gasteiger partial charge >= 0.3 is 0 Å². The number of hydrogen-bond donors (Lipinski definition) is 0. The Labute approximate surface area is 197 Å². The van der Waals surface area contributed by atoms with Gasteiger partial charge in [0.05, 0.1) is 0 Å². The van der Waals surface area contributed by atoms with Crippen LogP contribution in [-0.4, -0.2) is 47.2 Å². The summed E-state index contributed by atoms with van der Waals surface area (Å²) in [6.45, 7) is 4.94. The molecule has 5 rings (SSSR count). The highest BCUT2D eigenvalue weighted by Gasteiger charge is 2.22. The van der Waals surface area contributed by atoms with Crippen molar-refractivity contribution in [2.75, 3.05) is 31.1 Å². The second-order valence-corrected chi connectivity index (χ2v) is 8.55. The lowest BCUT2D eigenvalue weighted by molar-refractivity contribution is 0.0747. The third kappa shape index (κ3) is 4.61. The third-order valence-corrected chi connectivity index (χ3v) is 6.08. The normalized spacial score (nSPS) is 13.9. The fraction of sp³-hybridized carbons (Fsp3) is 0.192. The number of benzene rings is 3. The molecule has 0 N–H and O–H groups in total. The molecule has 1 aromatic heterocycles. The van der Waals surface area contributed by atoms with Crippen LogP contribution in [-0.2, 0) is 0 Å². The number of aromatic nitrogens is 2. The van der Waals surface area contributed by atoms with E-state index in [1.807, 2.05) is 84.6 Å². The molecule has 6 nitrogen and oxygen atoms in total. The molecule has 0 saturated carbocycles. The van der Waals surface area contributed by atoms with Crippen molar-refractivity contribution in [3.63, 3.8) is 0 Å². The first kappa shape index (κ1) is 21.2. The number of carbonyl (C=O) groups is 1. The highest BCUT2D eigenvalue weighted by atomic mass is 35.5. The SMILES string of the molecule is Cc1cccc(-c2nnc(-c3ccc(C(=O)N4CCN(c5ccc(Cl)cc5)CC4)cc3)o2)c1. The first-order valence-corrected chi connectivity index (χ1v) is 11.3. The average Bonchev–Trinajstić information content (AvgIpc) is 3.35. The number of piperazine rings is 1. The number of anilines is 1. The molecule has 166 valence electrons. The van der Waals surface area contributed by atoms with E-state index in [9.17, 15) is 4.79 Å². The largest absolute Gasteiger partial charge is 0.416 e. The van der Waals surface area contributed by atoms with Gasteiger partial charge in [0.15, 0.2) is 0 Å². The lowest BCUT2D eigenvalue weighted by Gasteiger charge is -2.36. The van der Waals surface area contributed by atoms with Crippen molar-refractivity contribution in [3.8, 4) is 22.9 Å². The summed E-state index contributed by atoms with van der Waals surface area (Å²) >= 11 is 5.98. The van der Waals surface area contributed by atoms with Crippen LogP contribution in [0.4, 0.5) is 5.69 Å². The van der Waals surface area contributed by atoms with Gasteiger partial charge in [-0.05, 0) is 67.6 Å². The predicted octanol–water partition coefficient (Wildman–Crippen LogP) is 5.33. The average molecular weight is 459 g/mol. The van der Waals surface area contributed by atoms with E-state index in [2.05, 4.69) is 15.1 Å². The molecule has 2 heterocycles. The van der Waals surface area contributed by atoms with Crippen molar-refractivity contribution in [1.82, 2.24) is 15.1 Å². The monoisotopic (exact) mass is 458 g/mol. The molecule has 0 spiro atoms. The maximum absolute atomic E-state index is 13.0. The number of rotatable bonds is 4. The molecule has 1 amide bonds. The Hall–Kier alpha value is -3.64. The Bertz CT molecular complexity index is 1260. The van der Waals surface area contributed by atoms with Gasteiger partial charge in [0, 0.05) is 53.6 Å². The topological polar surface area (TPSA) is 62.5 Å². The van der Waals surface area contributed by atoms with Gasteiger partial charge in [-0.15, -0.1) is 10.2 Å². The Balaban J connectivity index is 1.24. The Morgan fingerprint density at radius 3 is 2.18 bits per heavy atom. The summed E-state index contributed by atoms with van der Waals surface area (Å²) in [7, 11) is 0. The van der Waals surface area contributed by atoms with Gasteiger partial charge in [0.1, 0.15) is 0 Å². The smallest absolute Gasteiger partial charge is 0.253 e. The number of halogens is 1. The second-order valence-electron chi connectivity index (χ2n) is 8.11. The quantitative estimate of drug-likeness (QED) is 0.413. The van der Waals surface area contributed by atoms with Crippen molar-refractivity contribution in [2.45, 2.75) is 6.92 Å². The van der Waals surface area contributed by atoms with Gasteiger partial charge in [0.2, 0.25) is 11.8 Å². The molecule has 0 atom stereocenters. The molecule has 0 radical (unpaired) electrons. The zero-order valence-corrected chi connectivity index (χ0v) is 19.0. The maximum atomic E-state index is 13.0. The third-order valence-electron chi connectivity index (χ3n) is 5.83. The van der Waals surface area contributed by atoms with Gasteiger partial charge in [-0.2, -0.15) is 0 Å². The zero-order valence-electron chi connectivity index (χ0n) is 18.2. The molecule has 1 fully saturated rings. The van der Waals surface area contributed by atoms with Crippen LogP contribution >= 0.6 is 11.6 Å². The summed E-state index contributed by atoms with van der Waals surface area (Å²) < 4.78 is 5.86. The van der Waals surface area contributed by atoms with E-state index in [0.29, 0.717) is 30.4 Å². The second kappa shape index (κ2) is 9.08. The van der Waals surface area contributed by atoms with E-state index in [-0.39, 0.29) is 5.91 Å². The zero-order chi connectivity index (χ0) is 22.8. The molecular formula is C26H23ClN4O2. The Morgan fingerprint density at radius 1 is 0.848 bits per heavy atom. The van der Waals surface area contributed by atoms with Gasteiger partial charge < -0.3 is 14.2 Å². The number of hydrogen-bond acceptors (Lipinski definition) is 5. The summed E-state index contributed by atoms with van der Waals surface area (Å²) in [5, 5.41) is 9.07. The van der Waals surface area contributed by atoms with Crippen LogP contribution < -0.4 is 4.90 Å². The van der Waals surface area contributed by atoms with E-state index < -0.39 is 0 Å². The van der Waals surface area contributed by atoms with Gasteiger partial charge in [-0.25, -0.2) is 0 Å². The Morgan fingerprint density at radius 2 is 1.52 bits per heavy atom. The van der Waals surface area contributed by atoms with Crippen LogP contribution in [0.15, 0.2) is 77.2 Å². The van der Waals surface area contributed by atoms with Gasteiger partial charge in [0.25, 0.3) is 5.91 Å². The summed E-state index contributed by atoms with van der Waals surface area (Å²) in [5.41, 5.74) is 4.57. The molecular weight excluding hydrogens is 436 g/mol. The molecule has 3 aromatic carbocycles. The molecule has 0 aliphatic carbocycles. The molecule has 7 heteroatoms. The standard InChI is InChI=1S/C26H23ClN4O2/c1-18-3-2-4-21(17-18)25-29-28-24(33-25)19-5-7-20(8-6-19)26(32)31-15-13-30(14-16-31)23-11-9-22(27)10-12-23/h2-12,17H,13-16H2,1H3. The summed E-state index contributed by atoms with van der Waals surface area (Å²) in [5.74, 6) is 0.942. The molecule has 33 heavy (non-hydrogen) atoms.